The molecule has 5 nitrogen and oxygen atoms in total. The number of nitrogens with two attached hydrogens (primary N) is 1. The molecule has 0 radical (unpaired) electrons. The van der Waals surface area contributed by atoms with Crippen molar-refractivity contribution in [3.8, 4) is 0 Å². The third-order valence-electron chi connectivity index (χ3n) is 2.05. The first kappa shape index (κ1) is 11.6. The Morgan fingerprint density at radius 2 is 2.40 bits per heavy atom. The van der Waals surface area contributed by atoms with Gasteiger partial charge in [-0.2, -0.15) is 0 Å². The number of ether oxygens (including phenoxy) is 1. The van der Waals surface area contributed by atoms with Crippen molar-refractivity contribution < 1.29 is 9.53 Å². The molecule has 1 aromatic heterocycles. The zero-order valence-electron chi connectivity index (χ0n) is 9.28. The minimum Gasteiger partial charge on any atom is -0.397 e. The Morgan fingerprint density at radius 1 is 1.73 bits per heavy atom. The van der Waals surface area contributed by atoms with E-state index in [-0.39, 0.29) is 11.9 Å². The van der Waals surface area contributed by atoms with E-state index in [1.807, 2.05) is 6.92 Å². The molecule has 1 atom stereocenters. The number of nitrogens with one attached hydrogen (secondary N) is 1. The average Bonchev–Trinajstić information content (AvgIpc) is 2.45. The van der Waals surface area contributed by atoms with Crippen LogP contribution >= 0.6 is 0 Å². The van der Waals surface area contributed by atoms with E-state index >= 15 is 0 Å². The Bertz CT molecular complexity index is 346. The van der Waals surface area contributed by atoms with Crippen molar-refractivity contribution in [2.45, 2.75) is 13.0 Å². The molecule has 0 saturated carbocycles. The first-order valence-corrected chi connectivity index (χ1v) is 4.76. The van der Waals surface area contributed by atoms with Crippen LogP contribution in [0.3, 0.4) is 0 Å². The van der Waals surface area contributed by atoms with Crippen molar-refractivity contribution in [3.05, 3.63) is 18.0 Å². The van der Waals surface area contributed by atoms with Crippen molar-refractivity contribution in [3.63, 3.8) is 0 Å². The van der Waals surface area contributed by atoms with Gasteiger partial charge >= 0.3 is 0 Å². The van der Waals surface area contributed by atoms with Gasteiger partial charge in [-0.1, -0.05) is 0 Å². The van der Waals surface area contributed by atoms with E-state index in [0.29, 0.717) is 18.0 Å². The lowest BCUT2D eigenvalue weighted by molar-refractivity contribution is 0.0897. The summed E-state index contributed by atoms with van der Waals surface area (Å²) in [5.74, 6) is -0.140. The van der Waals surface area contributed by atoms with Gasteiger partial charge in [0, 0.05) is 26.4 Å². The standard InChI is InChI=1S/C10H17N3O2/c1-7(6-15-3)12-10(14)9-4-8(11)5-13(9)2/h4-5,7H,6,11H2,1-3H3,(H,12,14). The lowest BCUT2D eigenvalue weighted by atomic mass is 10.3. The number of amides is 1. The fourth-order valence-corrected chi connectivity index (χ4v) is 1.41. The summed E-state index contributed by atoms with van der Waals surface area (Å²) in [5.41, 5.74) is 6.72. The summed E-state index contributed by atoms with van der Waals surface area (Å²) < 4.78 is 6.63. The van der Waals surface area contributed by atoms with Crippen LogP contribution in [0, 0.1) is 0 Å². The van der Waals surface area contributed by atoms with E-state index in [4.69, 9.17) is 10.5 Å². The molecule has 0 bridgehead atoms. The summed E-state index contributed by atoms with van der Waals surface area (Å²) >= 11 is 0. The Balaban J connectivity index is 2.65. The van der Waals surface area contributed by atoms with E-state index in [0.717, 1.165) is 0 Å². The minimum absolute atomic E-state index is 0.0152. The van der Waals surface area contributed by atoms with Crippen LogP contribution in [0.2, 0.25) is 0 Å². The lowest BCUT2D eigenvalue weighted by Crippen LogP contribution is -2.36. The zero-order valence-corrected chi connectivity index (χ0v) is 9.28. The van der Waals surface area contributed by atoms with Gasteiger partial charge in [0.2, 0.25) is 0 Å². The van der Waals surface area contributed by atoms with Gasteiger partial charge < -0.3 is 20.4 Å². The molecule has 1 aromatic rings. The fourth-order valence-electron chi connectivity index (χ4n) is 1.41. The fraction of sp³-hybridized carbons (Fsp3) is 0.500. The SMILES string of the molecule is COCC(C)NC(=O)c1cc(N)cn1C. The molecule has 1 heterocycles. The molecular weight excluding hydrogens is 194 g/mol. The molecule has 5 heteroatoms. The van der Waals surface area contributed by atoms with Crippen LogP contribution in [-0.4, -0.2) is 30.2 Å². The molecule has 1 rings (SSSR count). The molecule has 0 aromatic carbocycles. The van der Waals surface area contributed by atoms with Gasteiger partial charge in [0.15, 0.2) is 0 Å². The predicted octanol–water partition coefficient (Wildman–Crippen LogP) is 0.372. The topological polar surface area (TPSA) is 69.3 Å². The van der Waals surface area contributed by atoms with Crippen LogP contribution in [0.4, 0.5) is 5.69 Å². The molecule has 0 aliphatic rings. The van der Waals surface area contributed by atoms with Gasteiger partial charge in [-0.3, -0.25) is 4.79 Å². The third kappa shape index (κ3) is 2.99. The van der Waals surface area contributed by atoms with E-state index in [1.54, 1.807) is 31.0 Å². The highest BCUT2D eigenvalue weighted by Gasteiger charge is 2.13. The van der Waals surface area contributed by atoms with Crippen LogP contribution in [0.5, 0.6) is 0 Å². The van der Waals surface area contributed by atoms with Crippen molar-refractivity contribution in [1.82, 2.24) is 9.88 Å². The second-order valence-electron chi connectivity index (χ2n) is 3.60. The number of methoxy groups -OCH3 is 1. The molecule has 1 unspecified atom stereocenters. The number of rotatable bonds is 4. The Morgan fingerprint density at radius 3 is 2.87 bits per heavy atom. The predicted molar refractivity (Wildman–Crippen MR) is 58.6 cm³/mol. The molecule has 0 fully saturated rings. The van der Waals surface area contributed by atoms with Crippen LogP contribution in [0.25, 0.3) is 0 Å². The maximum atomic E-state index is 11.7. The largest absolute Gasteiger partial charge is 0.397 e. The Labute approximate surface area is 89.2 Å². The summed E-state index contributed by atoms with van der Waals surface area (Å²) in [4.78, 5) is 11.7. The van der Waals surface area contributed by atoms with E-state index in [9.17, 15) is 4.79 Å². The van der Waals surface area contributed by atoms with Crippen LogP contribution in [-0.2, 0) is 11.8 Å². The molecule has 1 amide bonds. The average molecular weight is 211 g/mol. The number of aryl methyl sites for hydroxylation is 1. The molecule has 84 valence electrons. The van der Waals surface area contributed by atoms with Crippen LogP contribution in [0.1, 0.15) is 17.4 Å². The van der Waals surface area contributed by atoms with Crippen molar-refractivity contribution in [2.75, 3.05) is 19.5 Å². The summed E-state index contributed by atoms with van der Waals surface area (Å²) in [7, 11) is 3.38. The molecule has 3 N–H and O–H groups in total. The van der Waals surface area contributed by atoms with Crippen molar-refractivity contribution in [2.24, 2.45) is 7.05 Å². The number of nitrogen functional groups attached to an aromatic ring is 1. The maximum Gasteiger partial charge on any atom is 0.268 e. The van der Waals surface area contributed by atoms with Gasteiger partial charge in [-0.05, 0) is 13.0 Å². The first-order valence-electron chi connectivity index (χ1n) is 4.76. The Kier molecular flexibility index (Phi) is 3.74. The van der Waals surface area contributed by atoms with Crippen LogP contribution < -0.4 is 11.1 Å². The molecule has 0 spiro atoms. The van der Waals surface area contributed by atoms with E-state index in [1.165, 1.54) is 0 Å². The normalized spacial score (nSPS) is 12.5. The molecule has 15 heavy (non-hydrogen) atoms. The monoisotopic (exact) mass is 211 g/mol. The number of hydrogen-bond donors (Lipinski definition) is 2. The number of nitrogens with zero attached hydrogens (tertiary/aromatic N) is 1. The zero-order chi connectivity index (χ0) is 11.4. The highest BCUT2D eigenvalue weighted by Crippen LogP contribution is 2.08. The molecule has 0 saturated heterocycles. The van der Waals surface area contributed by atoms with Crippen molar-refractivity contribution in [1.29, 1.82) is 0 Å². The minimum atomic E-state index is -0.140. The molecule has 0 aliphatic heterocycles. The second kappa shape index (κ2) is 4.84. The number of anilines is 1. The van der Waals surface area contributed by atoms with Gasteiger partial charge in [0.1, 0.15) is 5.69 Å². The van der Waals surface area contributed by atoms with Gasteiger partial charge in [0.25, 0.3) is 5.91 Å². The number of carbonyl (C=O) groups is 1. The van der Waals surface area contributed by atoms with Gasteiger partial charge in [0.05, 0.1) is 12.3 Å². The van der Waals surface area contributed by atoms with Crippen molar-refractivity contribution >= 4 is 11.6 Å². The number of carbonyl (C=O) groups excluding carboxylic acids is 1. The van der Waals surface area contributed by atoms with Gasteiger partial charge in [-0.25, -0.2) is 0 Å². The highest BCUT2D eigenvalue weighted by atomic mass is 16.5. The summed E-state index contributed by atoms with van der Waals surface area (Å²) in [5, 5.41) is 2.81. The van der Waals surface area contributed by atoms with Crippen LogP contribution in [0.15, 0.2) is 12.3 Å². The summed E-state index contributed by atoms with van der Waals surface area (Å²) in [6.07, 6.45) is 1.70. The number of aromatic nitrogens is 1. The van der Waals surface area contributed by atoms with E-state index < -0.39 is 0 Å². The maximum absolute atomic E-state index is 11.7. The Hall–Kier alpha value is -1.49. The number of hydrogen-bond acceptors (Lipinski definition) is 3. The second-order valence-corrected chi connectivity index (χ2v) is 3.60. The third-order valence-corrected chi connectivity index (χ3v) is 2.05. The lowest BCUT2D eigenvalue weighted by Gasteiger charge is -2.12. The van der Waals surface area contributed by atoms with E-state index in [2.05, 4.69) is 5.32 Å². The summed E-state index contributed by atoms with van der Waals surface area (Å²) in [6, 6.07) is 1.63. The van der Waals surface area contributed by atoms with Gasteiger partial charge in [-0.15, -0.1) is 0 Å². The summed E-state index contributed by atoms with van der Waals surface area (Å²) in [6.45, 7) is 2.37. The smallest absolute Gasteiger partial charge is 0.268 e. The highest BCUT2D eigenvalue weighted by molar-refractivity contribution is 5.93. The molecular formula is C10H17N3O2. The quantitative estimate of drug-likeness (QED) is 0.756. The first-order chi connectivity index (χ1) is 7.04. The molecule has 0 aliphatic carbocycles.